The lowest BCUT2D eigenvalue weighted by molar-refractivity contribution is 0.0688. The van der Waals surface area contributed by atoms with Crippen molar-refractivity contribution in [1.82, 2.24) is 10.3 Å². The molecule has 4 nitrogen and oxygen atoms in total. The van der Waals surface area contributed by atoms with Gasteiger partial charge >= 0.3 is 0 Å². The van der Waals surface area contributed by atoms with Crippen LogP contribution in [0.2, 0.25) is 0 Å². The van der Waals surface area contributed by atoms with Crippen LogP contribution in [-0.2, 0) is 0 Å². The summed E-state index contributed by atoms with van der Waals surface area (Å²) < 4.78 is 5.50. The van der Waals surface area contributed by atoms with Crippen molar-refractivity contribution < 1.29 is 4.74 Å². The highest BCUT2D eigenvalue weighted by atomic mass is 16.5. The molecule has 0 radical (unpaired) electrons. The SMILES string of the molecule is CCN(CC)C(C)(CC)C(NN)c1ccccc1OC. The zero-order chi connectivity index (χ0) is 15.2. The van der Waals surface area contributed by atoms with Gasteiger partial charge in [0, 0.05) is 11.1 Å². The summed E-state index contributed by atoms with van der Waals surface area (Å²) in [6, 6.07) is 8.10. The molecule has 2 unspecified atom stereocenters. The number of nitrogens with one attached hydrogen (secondary N) is 1. The van der Waals surface area contributed by atoms with E-state index in [1.807, 2.05) is 18.2 Å². The van der Waals surface area contributed by atoms with Gasteiger partial charge in [-0.15, -0.1) is 0 Å². The first kappa shape index (κ1) is 17.0. The zero-order valence-electron chi connectivity index (χ0n) is 13.4. The number of benzene rings is 1. The Hall–Kier alpha value is -1.10. The second kappa shape index (κ2) is 7.62. The standard InChI is InChI=1S/C16H29N3O/c1-6-16(4,19(7-2)8-3)15(18-17)13-11-9-10-12-14(13)20-5/h9-12,15,18H,6-8,17H2,1-5H3. The van der Waals surface area contributed by atoms with Gasteiger partial charge in [0.25, 0.3) is 0 Å². The van der Waals surface area contributed by atoms with E-state index >= 15 is 0 Å². The Morgan fingerprint density at radius 1 is 1.25 bits per heavy atom. The largest absolute Gasteiger partial charge is 0.496 e. The van der Waals surface area contributed by atoms with Gasteiger partial charge in [-0.3, -0.25) is 16.2 Å². The van der Waals surface area contributed by atoms with E-state index in [9.17, 15) is 0 Å². The molecule has 0 spiro atoms. The molecule has 1 aromatic rings. The highest BCUT2D eigenvalue weighted by molar-refractivity contribution is 5.37. The summed E-state index contributed by atoms with van der Waals surface area (Å²) in [5, 5.41) is 0. The van der Waals surface area contributed by atoms with Crippen molar-refractivity contribution in [2.24, 2.45) is 5.84 Å². The lowest BCUT2D eigenvalue weighted by Crippen LogP contribution is -2.55. The van der Waals surface area contributed by atoms with E-state index in [0.29, 0.717) is 0 Å². The number of ether oxygens (including phenoxy) is 1. The van der Waals surface area contributed by atoms with Crippen LogP contribution in [0.15, 0.2) is 24.3 Å². The molecule has 114 valence electrons. The third kappa shape index (κ3) is 3.14. The highest BCUT2D eigenvalue weighted by Crippen LogP contribution is 2.37. The molecule has 2 atom stereocenters. The fraction of sp³-hybridized carbons (Fsp3) is 0.625. The average molecular weight is 279 g/mol. The summed E-state index contributed by atoms with van der Waals surface area (Å²) in [6.07, 6.45) is 1.00. The molecule has 0 saturated carbocycles. The summed E-state index contributed by atoms with van der Waals surface area (Å²) >= 11 is 0. The van der Waals surface area contributed by atoms with Gasteiger partial charge in [-0.05, 0) is 32.5 Å². The molecule has 0 aromatic heterocycles. The summed E-state index contributed by atoms with van der Waals surface area (Å²) in [7, 11) is 1.70. The van der Waals surface area contributed by atoms with Crippen molar-refractivity contribution >= 4 is 0 Å². The van der Waals surface area contributed by atoms with Gasteiger partial charge in [0.05, 0.1) is 13.2 Å². The van der Waals surface area contributed by atoms with Gasteiger partial charge in [-0.25, -0.2) is 0 Å². The van der Waals surface area contributed by atoms with E-state index in [2.05, 4.69) is 44.1 Å². The lowest BCUT2D eigenvalue weighted by atomic mass is 9.82. The molecule has 0 heterocycles. The fourth-order valence-corrected chi connectivity index (χ4v) is 3.07. The van der Waals surface area contributed by atoms with Gasteiger partial charge < -0.3 is 4.74 Å². The first-order valence-electron chi connectivity index (χ1n) is 7.43. The van der Waals surface area contributed by atoms with Gasteiger partial charge in [-0.2, -0.15) is 0 Å². The van der Waals surface area contributed by atoms with Crippen LogP contribution in [0.5, 0.6) is 5.75 Å². The van der Waals surface area contributed by atoms with Gasteiger partial charge in [0.15, 0.2) is 0 Å². The molecule has 1 aromatic carbocycles. The number of hydrogen-bond donors (Lipinski definition) is 2. The molecule has 20 heavy (non-hydrogen) atoms. The molecule has 0 saturated heterocycles. The van der Waals surface area contributed by atoms with Gasteiger partial charge in [-0.1, -0.05) is 39.0 Å². The van der Waals surface area contributed by atoms with Crippen LogP contribution in [0.25, 0.3) is 0 Å². The maximum atomic E-state index is 5.91. The first-order chi connectivity index (χ1) is 9.58. The van der Waals surface area contributed by atoms with Gasteiger partial charge in [0.2, 0.25) is 0 Å². The minimum Gasteiger partial charge on any atom is -0.496 e. The monoisotopic (exact) mass is 279 g/mol. The van der Waals surface area contributed by atoms with E-state index in [4.69, 9.17) is 10.6 Å². The molecule has 0 amide bonds. The Bertz CT molecular complexity index is 406. The number of nitrogens with zero attached hydrogens (tertiary/aromatic N) is 1. The van der Waals surface area contributed by atoms with Crippen LogP contribution in [0.3, 0.4) is 0 Å². The molecular weight excluding hydrogens is 250 g/mol. The van der Waals surface area contributed by atoms with Crippen LogP contribution in [0.1, 0.15) is 45.7 Å². The smallest absolute Gasteiger partial charge is 0.123 e. The molecule has 0 bridgehead atoms. The number of likely N-dealkylation sites (N-methyl/N-ethyl adjacent to an activating group) is 1. The molecule has 0 fully saturated rings. The van der Waals surface area contributed by atoms with Crippen LogP contribution in [-0.4, -0.2) is 30.6 Å². The number of nitrogens with two attached hydrogens (primary N) is 1. The third-order valence-electron chi connectivity index (χ3n) is 4.44. The molecule has 1 rings (SSSR count). The molecular formula is C16H29N3O. The molecule has 0 aliphatic carbocycles. The number of rotatable bonds is 8. The normalized spacial score (nSPS) is 15.9. The van der Waals surface area contributed by atoms with Crippen molar-refractivity contribution in [3.63, 3.8) is 0 Å². The molecule has 3 N–H and O–H groups in total. The van der Waals surface area contributed by atoms with Crippen LogP contribution < -0.4 is 16.0 Å². The number of methoxy groups -OCH3 is 1. The number of hydrazine groups is 1. The maximum Gasteiger partial charge on any atom is 0.123 e. The highest BCUT2D eigenvalue weighted by Gasteiger charge is 2.38. The van der Waals surface area contributed by atoms with Gasteiger partial charge in [0.1, 0.15) is 5.75 Å². The number of hydrogen-bond acceptors (Lipinski definition) is 4. The van der Waals surface area contributed by atoms with Crippen LogP contribution in [0.4, 0.5) is 0 Å². The Labute approximate surface area is 123 Å². The van der Waals surface area contributed by atoms with Crippen molar-refractivity contribution in [3.8, 4) is 5.75 Å². The third-order valence-corrected chi connectivity index (χ3v) is 4.44. The molecule has 0 aliphatic heterocycles. The summed E-state index contributed by atoms with van der Waals surface area (Å²) in [6.45, 7) is 10.8. The van der Waals surface area contributed by atoms with E-state index in [0.717, 1.165) is 30.8 Å². The van der Waals surface area contributed by atoms with E-state index in [-0.39, 0.29) is 11.6 Å². The minimum atomic E-state index is -0.0626. The Balaban J connectivity index is 3.27. The topological polar surface area (TPSA) is 50.5 Å². The maximum absolute atomic E-state index is 5.91. The summed E-state index contributed by atoms with van der Waals surface area (Å²) in [5.41, 5.74) is 4.05. The number of para-hydroxylation sites is 1. The van der Waals surface area contributed by atoms with E-state index < -0.39 is 0 Å². The van der Waals surface area contributed by atoms with E-state index in [1.54, 1.807) is 7.11 Å². The predicted molar refractivity (Wildman–Crippen MR) is 84.7 cm³/mol. The molecule has 4 heteroatoms. The predicted octanol–water partition coefficient (Wildman–Crippen LogP) is 2.71. The second-order valence-corrected chi connectivity index (χ2v) is 5.22. The van der Waals surface area contributed by atoms with E-state index in [1.165, 1.54) is 0 Å². The summed E-state index contributed by atoms with van der Waals surface area (Å²) in [4.78, 5) is 2.45. The minimum absolute atomic E-state index is 0.0172. The second-order valence-electron chi connectivity index (χ2n) is 5.22. The first-order valence-corrected chi connectivity index (χ1v) is 7.43. The van der Waals surface area contributed by atoms with Crippen LogP contribution in [0, 0.1) is 0 Å². The lowest BCUT2D eigenvalue weighted by Gasteiger charge is -2.45. The van der Waals surface area contributed by atoms with Crippen molar-refractivity contribution in [2.75, 3.05) is 20.2 Å². The fourth-order valence-electron chi connectivity index (χ4n) is 3.07. The van der Waals surface area contributed by atoms with Crippen molar-refractivity contribution in [1.29, 1.82) is 0 Å². The molecule has 0 aliphatic rings. The Kier molecular flexibility index (Phi) is 6.46. The van der Waals surface area contributed by atoms with Crippen LogP contribution >= 0.6 is 0 Å². The summed E-state index contributed by atoms with van der Waals surface area (Å²) in [5.74, 6) is 6.78. The quantitative estimate of drug-likeness (QED) is 0.567. The van der Waals surface area contributed by atoms with Crippen molar-refractivity contribution in [3.05, 3.63) is 29.8 Å². The average Bonchev–Trinajstić information content (AvgIpc) is 2.49. The van der Waals surface area contributed by atoms with Crippen molar-refractivity contribution in [2.45, 2.75) is 45.7 Å². The zero-order valence-corrected chi connectivity index (χ0v) is 13.4. The Morgan fingerprint density at radius 3 is 2.30 bits per heavy atom. The Morgan fingerprint density at radius 2 is 1.85 bits per heavy atom.